The van der Waals surface area contributed by atoms with Crippen LogP contribution in [0.3, 0.4) is 0 Å². The summed E-state index contributed by atoms with van der Waals surface area (Å²) in [4.78, 5) is 8.48. The van der Waals surface area contributed by atoms with Crippen LogP contribution >= 0.6 is 0 Å². The third-order valence-corrected chi connectivity index (χ3v) is 2.46. The van der Waals surface area contributed by atoms with Gasteiger partial charge in [-0.2, -0.15) is 0 Å². The molecule has 2 aromatic rings. The summed E-state index contributed by atoms with van der Waals surface area (Å²) < 4.78 is 5.44. The van der Waals surface area contributed by atoms with E-state index in [0.717, 1.165) is 11.3 Å². The zero-order chi connectivity index (χ0) is 11.7. The summed E-state index contributed by atoms with van der Waals surface area (Å²) in [6.07, 6.45) is 1.62. The maximum Gasteiger partial charge on any atom is 0.163 e. The van der Waals surface area contributed by atoms with Crippen LogP contribution < -0.4 is 4.74 Å². The summed E-state index contributed by atoms with van der Waals surface area (Å²) >= 11 is 0. The Morgan fingerprint density at radius 1 is 1.38 bits per heavy atom. The van der Waals surface area contributed by atoms with Crippen LogP contribution in [-0.2, 0) is 0 Å². The van der Waals surface area contributed by atoms with E-state index in [2.05, 4.69) is 9.97 Å². The Balaban J connectivity index is 2.70. The van der Waals surface area contributed by atoms with E-state index >= 15 is 0 Å². The molecule has 2 rings (SSSR count). The Morgan fingerprint density at radius 3 is 2.81 bits per heavy atom. The first-order valence-electron chi connectivity index (χ1n) is 5.22. The van der Waals surface area contributed by atoms with E-state index in [0.29, 0.717) is 23.4 Å². The summed E-state index contributed by atoms with van der Waals surface area (Å²) in [7, 11) is 0. The molecule has 0 radical (unpaired) electrons. The molecule has 1 N–H and O–H groups in total. The fourth-order valence-electron chi connectivity index (χ4n) is 1.58. The van der Waals surface area contributed by atoms with Gasteiger partial charge in [0.1, 0.15) is 11.5 Å². The molecule has 4 nitrogen and oxygen atoms in total. The Morgan fingerprint density at radius 2 is 2.12 bits per heavy atom. The molecule has 16 heavy (non-hydrogen) atoms. The molecule has 0 aliphatic heterocycles. The van der Waals surface area contributed by atoms with Crippen molar-refractivity contribution in [1.29, 1.82) is 0 Å². The summed E-state index contributed by atoms with van der Waals surface area (Å²) in [5, 5.41) is 10.5. The largest absolute Gasteiger partial charge is 0.507 e. The third-order valence-electron chi connectivity index (χ3n) is 2.46. The van der Waals surface area contributed by atoms with E-state index in [1.165, 1.54) is 0 Å². The molecule has 0 spiro atoms. The van der Waals surface area contributed by atoms with E-state index in [9.17, 15) is 5.11 Å². The van der Waals surface area contributed by atoms with Crippen LogP contribution in [0.5, 0.6) is 11.5 Å². The van der Waals surface area contributed by atoms with Crippen LogP contribution in [-0.4, -0.2) is 21.7 Å². The first-order valence-corrected chi connectivity index (χ1v) is 5.22. The molecule has 2 aromatic heterocycles. The number of rotatable bonds is 2. The molecular weight excluding hydrogens is 204 g/mol. The lowest BCUT2D eigenvalue weighted by molar-refractivity contribution is 0.336. The highest BCUT2D eigenvalue weighted by Crippen LogP contribution is 2.29. The van der Waals surface area contributed by atoms with Gasteiger partial charge in [0.15, 0.2) is 5.65 Å². The minimum Gasteiger partial charge on any atom is -0.507 e. The lowest BCUT2D eigenvalue weighted by Gasteiger charge is -2.09. The Bertz CT molecular complexity index is 538. The van der Waals surface area contributed by atoms with Gasteiger partial charge in [0, 0.05) is 11.8 Å². The number of hydrogen-bond donors (Lipinski definition) is 1. The average Bonchev–Trinajstić information content (AvgIpc) is 2.26. The molecular formula is C12H14N2O2. The predicted molar refractivity (Wildman–Crippen MR) is 61.8 cm³/mol. The molecule has 2 heterocycles. The van der Waals surface area contributed by atoms with Crippen LogP contribution in [0.15, 0.2) is 12.3 Å². The maximum absolute atomic E-state index is 9.91. The van der Waals surface area contributed by atoms with Crippen LogP contribution in [0.25, 0.3) is 11.0 Å². The standard InChI is InChI=1S/C12H14N2O2/c1-4-16-10-5-9-11(15)7(2)6-13-12(9)14-8(10)3/h5-6H,4H2,1-3H3,(H,13,14,15). The second kappa shape index (κ2) is 3.96. The molecule has 0 aliphatic rings. The molecule has 0 saturated carbocycles. The second-order valence-corrected chi connectivity index (χ2v) is 3.67. The summed E-state index contributed by atoms with van der Waals surface area (Å²) in [6, 6.07) is 1.79. The van der Waals surface area contributed by atoms with Gasteiger partial charge in [-0.15, -0.1) is 0 Å². The van der Waals surface area contributed by atoms with Gasteiger partial charge in [0.2, 0.25) is 0 Å². The monoisotopic (exact) mass is 218 g/mol. The van der Waals surface area contributed by atoms with Crippen LogP contribution in [0.1, 0.15) is 18.2 Å². The second-order valence-electron chi connectivity index (χ2n) is 3.67. The van der Waals surface area contributed by atoms with Crippen molar-refractivity contribution < 1.29 is 9.84 Å². The lowest BCUT2D eigenvalue weighted by Crippen LogP contribution is -1.97. The summed E-state index contributed by atoms with van der Waals surface area (Å²) in [6.45, 7) is 6.16. The highest BCUT2D eigenvalue weighted by molar-refractivity contribution is 5.84. The molecule has 4 heteroatoms. The molecule has 0 saturated heterocycles. The van der Waals surface area contributed by atoms with Gasteiger partial charge in [0.05, 0.1) is 17.7 Å². The molecule has 84 valence electrons. The number of nitrogens with zero attached hydrogens (tertiary/aromatic N) is 2. The van der Waals surface area contributed by atoms with Crippen molar-refractivity contribution in [3.05, 3.63) is 23.5 Å². The number of aromatic nitrogens is 2. The lowest BCUT2D eigenvalue weighted by atomic mass is 10.2. The number of fused-ring (bicyclic) bond motifs is 1. The van der Waals surface area contributed by atoms with Gasteiger partial charge < -0.3 is 9.84 Å². The van der Waals surface area contributed by atoms with E-state index in [4.69, 9.17) is 4.74 Å². The van der Waals surface area contributed by atoms with Crippen molar-refractivity contribution in [2.24, 2.45) is 0 Å². The molecule has 0 aliphatic carbocycles. The smallest absolute Gasteiger partial charge is 0.163 e. The summed E-state index contributed by atoms with van der Waals surface area (Å²) in [5.41, 5.74) is 2.06. The fraction of sp³-hybridized carbons (Fsp3) is 0.333. The minimum absolute atomic E-state index is 0.221. The van der Waals surface area contributed by atoms with Crippen molar-refractivity contribution in [1.82, 2.24) is 9.97 Å². The highest BCUT2D eigenvalue weighted by Gasteiger charge is 2.09. The third kappa shape index (κ3) is 1.66. The molecule has 0 aromatic carbocycles. The number of ether oxygens (including phenoxy) is 1. The molecule has 0 bridgehead atoms. The van der Waals surface area contributed by atoms with Gasteiger partial charge in [-0.05, 0) is 26.8 Å². The summed E-state index contributed by atoms with van der Waals surface area (Å²) in [5.74, 6) is 0.913. The van der Waals surface area contributed by atoms with Crippen molar-refractivity contribution in [3.8, 4) is 11.5 Å². The van der Waals surface area contributed by atoms with Gasteiger partial charge >= 0.3 is 0 Å². The van der Waals surface area contributed by atoms with Gasteiger partial charge in [0.25, 0.3) is 0 Å². The Hall–Kier alpha value is -1.84. The minimum atomic E-state index is 0.221. The maximum atomic E-state index is 9.91. The van der Waals surface area contributed by atoms with Crippen molar-refractivity contribution in [2.75, 3.05) is 6.61 Å². The van der Waals surface area contributed by atoms with Gasteiger partial charge in [-0.25, -0.2) is 9.97 Å². The molecule has 0 atom stereocenters. The number of aromatic hydroxyl groups is 1. The van der Waals surface area contributed by atoms with E-state index in [-0.39, 0.29) is 5.75 Å². The average molecular weight is 218 g/mol. The number of aryl methyl sites for hydroxylation is 2. The van der Waals surface area contributed by atoms with E-state index < -0.39 is 0 Å². The SMILES string of the molecule is CCOc1cc2c(O)c(C)cnc2nc1C. The number of pyridine rings is 2. The quantitative estimate of drug-likeness (QED) is 0.840. The Labute approximate surface area is 93.9 Å². The van der Waals surface area contributed by atoms with E-state index in [1.807, 2.05) is 20.8 Å². The van der Waals surface area contributed by atoms with Crippen LogP contribution in [0.2, 0.25) is 0 Å². The topological polar surface area (TPSA) is 55.2 Å². The van der Waals surface area contributed by atoms with Gasteiger partial charge in [-0.3, -0.25) is 0 Å². The molecule has 0 unspecified atom stereocenters. The van der Waals surface area contributed by atoms with Crippen LogP contribution in [0, 0.1) is 13.8 Å². The van der Waals surface area contributed by atoms with Crippen molar-refractivity contribution >= 4 is 11.0 Å². The number of hydrogen-bond acceptors (Lipinski definition) is 4. The zero-order valence-electron chi connectivity index (χ0n) is 9.61. The first kappa shape index (κ1) is 10.7. The van der Waals surface area contributed by atoms with Crippen LogP contribution in [0.4, 0.5) is 0 Å². The van der Waals surface area contributed by atoms with Crippen molar-refractivity contribution in [2.45, 2.75) is 20.8 Å². The van der Waals surface area contributed by atoms with E-state index in [1.54, 1.807) is 12.3 Å². The zero-order valence-corrected chi connectivity index (χ0v) is 9.61. The normalized spacial score (nSPS) is 10.7. The predicted octanol–water partition coefficient (Wildman–Crippen LogP) is 2.35. The Kier molecular flexibility index (Phi) is 2.64. The fourth-order valence-corrected chi connectivity index (χ4v) is 1.58. The van der Waals surface area contributed by atoms with Crippen molar-refractivity contribution in [3.63, 3.8) is 0 Å². The molecule has 0 amide bonds. The first-order chi connectivity index (χ1) is 7.63. The highest BCUT2D eigenvalue weighted by atomic mass is 16.5. The molecule has 0 fully saturated rings. The van der Waals surface area contributed by atoms with Gasteiger partial charge in [-0.1, -0.05) is 0 Å².